The molecule has 0 aromatic carbocycles. The van der Waals surface area contributed by atoms with Crippen LogP contribution < -0.4 is 0 Å². The van der Waals surface area contributed by atoms with Crippen molar-refractivity contribution in [3.8, 4) is 0 Å². The summed E-state index contributed by atoms with van der Waals surface area (Å²) in [6, 6.07) is -0.0989. The van der Waals surface area contributed by atoms with E-state index in [0.717, 1.165) is 45.3 Å². The second-order valence-corrected chi connectivity index (χ2v) is 7.13. The number of carbonyl (C=O) groups excluding carboxylic acids is 2. The fraction of sp³-hybridized carbons (Fsp3) is 0.833. The molecule has 0 aromatic rings. The van der Waals surface area contributed by atoms with Gasteiger partial charge in [-0.3, -0.25) is 14.4 Å². The van der Waals surface area contributed by atoms with Crippen molar-refractivity contribution in [2.45, 2.75) is 57.9 Å². The zero-order chi connectivity index (χ0) is 18.2. The summed E-state index contributed by atoms with van der Waals surface area (Å²) in [4.78, 5) is 38.5. The predicted octanol–water partition coefficient (Wildman–Crippen LogP) is 1.51. The maximum absolute atomic E-state index is 12.5. The summed E-state index contributed by atoms with van der Waals surface area (Å²) in [5.74, 6) is -0.563. The summed E-state index contributed by atoms with van der Waals surface area (Å²) in [7, 11) is 0. The highest BCUT2D eigenvalue weighted by atomic mass is 16.5. The van der Waals surface area contributed by atoms with Crippen molar-refractivity contribution in [2.75, 3.05) is 32.8 Å². The molecule has 2 heterocycles. The number of amides is 2. The van der Waals surface area contributed by atoms with Crippen molar-refractivity contribution in [3.63, 3.8) is 0 Å². The van der Waals surface area contributed by atoms with Crippen LogP contribution in [0.1, 0.15) is 51.9 Å². The van der Waals surface area contributed by atoms with Crippen LogP contribution in [-0.2, 0) is 19.1 Å². The van der Waals surface area contributed by atoms with Gasteiger partial charge in [-0.15, -0.1) is 0 Å². The number of ether oxygens (including phenoxy) is 1. The Balaban J connectivity index is 1.81. The lowest BCUT2D eigenvalue weighted by molar-refractivity contribution is -0.145. The summed E-state index contributed by atoms with van der Waals surface area (Å²) in [5, 5.41) is 9.00. The van der Waals surface area contributed by atoms with Crippen LogP contribution in [-0.4, -0.2) is 71.6 Å². The van der Waals surface area contributed by atoms with Gasteiger partial charge >= 0.3 is 5.97 Å². The quantitative estimate of drug-likeness (QED) is 0.781. The zero-order valence-electron chi connectivity index (χ0n) is 15.1. The topological polar surface area (TPSA) is 87.2 Å². The SMILES string of the molecule is CC(=O)N(CC(=O)O)[C@@H]1CCCN(C(=O)CC[C@H]2CCCOC2)CC1. The van der Waals surface area contributed by atoms with E-state index in [1.807, 2.05) is 4.90 Å². The molecule has 0 saturated carbocycles. The molecule has 2 aliphatic rings. The molecule has 2 atom stereocenters. The average Bonchev–Trinajstić information content (AvgIpc) is 2.84. The summed E-state index contributed by atoms with van der Waals surface area (Å²) >= 11 is 0. The Labute approximate surface area is 149 Å². The number of carboxylic acids is 1. The number of likely N-dealkylation sites (tertiary alicyclic amines) is 1. The van der Waals surface area contributed by atoms with Crippen molar-refractivity contribution in [1.29, 1.82) is 0 Å². The van der Waals surface area contributed by atoms with E-state index >= 15 is 0 Å². The molecule has 0 aliphatic carbocycles. The second kappa shape index (κ2) is 9.75. The molecule has 7 heteroatoms. The molecule has 0 spiro atoms. The fourth-order valence-corrected chi connectivity index (χ4v) is 3.80. The van der Waals surface area contributed by atoms with Gasteiger partial charge in [-0.1, -0.05) is 0 Å². The van der Waals surface area contributed by atoms with Gasteiger partial charge in [0.25, 0.3) is 0 Å². The first-order valence-corrected chi connectivity index (χ1v) is 9.32. The highest BCUT2D eigenvalue weighted by molar-refractivity contribution is 5.80. The number of hydrogen-bond acceptors (Lipinski definition) is 4. The monoisotopic (exact) mass is 354 g/mol. The Bertz CT molecular complexity index is 476. The van der Waals surface area contributed by atoms with Gasteiger partial charge in [0.15, 0.2) is 0 Å². The van der Waals surface area contributed by atoms with Crippen LogP contribution >= 0.6 is 0 Å². The molecule has 2 rings (SSSR count). The van der Waals surface area contributed by atoms with Gasteiger partial charge in [-0.05, 0) is 44.4 Å². The second-order valence-electron chi connectivity index (χ2n) is 7.13. The lowest BCUT2D eigenvalue weighted by Gasteiger charge is -2.29. The van der Waals surface area contributed by atoms with E-state index in [4.69, 9.17) is 9.84 Å². The zero-order valence-corrected chi connectivity index (χ0v) is 15.1. The lowest BCUT2D eigenvalue weighted by atomic mass is 9.96. The van der Waals surface area contributed by atoms with E-state index in [0.29, 0.717) is 31.8 Å². The summed E-state index contributed by atoms with van der Waals surface area (Å²) < 4.78 is 5.46. The molecule has 2 aliphatic heterocycles. The molecular formula is C18H30N2O5. The Kier molecular flexibility index (Phi) is 7.68. The van der Waals surface area contributed by atoms with Crippen molar-refractivity contribution < 1.29 is 24.2 Å². The van der Waals surface area contributed by atoms with Crippen LogP contribution in [0.3, 0.4) is 0 Å². The van der Waals surface area contributed by atoms with Crippen LogP contribution in [0.2, 0.25) is 0 Å². The third-order valence-corrected chi connectivity index (χ3v) is 5.22. The molecule has 142 valence electrons. The molecule has 0 aromatic heterocycles. The molecule has 2 saturated heterocycles. The first-order valence-electron chi connectivity index (χ1n) is 9.32. The van der Waals surface area contributed by atoms with E-state index in [1.54, 1.807) is 0 Å². The molecule has 0 unspecified atom stereocenters. The summed E-state index contributed by atoms with van der Waals surface area (Å²) in [6.07, 6.45) is 5.82. The van der Waals surface area contributed by atoms with Crippen LogP contribution in [0, 0.1) is 5.92 Å². The highest BCUT2D eigenvalue weighted by Gasteiger charge is 2.27. The van der Waals surface area contributed by atoms with Crippen molar-refractivity contribution in [2.24, 2.45) is 5.92 Å². The van der Waals surface area contributed by atoms with E-state index < -0.39 is 5.97 Å². The lowest BCUT2D eigenvalue weighted by Crippen LogP contribution is -2.43. The first-order chi connectivity index (χ1) is 12.0. The van der Waals surface area contributed by atoms with E-state index in [2.05, 4.69) is 0 Å². The maximum atomic E-state index is 12.5. The largest absolute Gasteiger partial charge is 0.480 e. The van der Waals surface area contributed by atoms with Gasteiger partial charge in [0.05, 0.1) is 0 Å². The number of carboxylic acid groups (broad SMARTS) is 1. The summed E-state index contributed by atoms with van der Waals surface area (Å²) in [5.41, 5.74) is 0. The standard InChI is InChI=1S/C18H30N2O5/c1-14(21)20(12-18(23)24)16-5-2-9-19(10-8-16)17(22)7-6-15-4-3-11-25-13-15/h15-16H,2-13H2,1H3,(H,23,24)/t15-,16-/m1/s1. The fourth-order valence-electron chi connectivity index (χ4n) is 3.80. The minimum Gasteiger partial charge on any atom is -0.480 e. The smallest absolute Gasteiger partial charge is 0.323 e. The van der Waals surface area contributed by atoms with E-state index in [-0.39, 0.29) is 24.4 Å². The van der Waals surface area contributed by atoms with E-state index in [1.165, 1.54) is 11.8 Å². The van der Waals surface area contributed by atoms with Crippen LogP contribution in [0.15, 0.2) is 0 Å². The Morgan fingerprint density at radius 1 is 1.16 bits per heavy atom. The normalized spacial score (nSPS) is 24.4. The molecule has 0 bridgehead atoms. The minimum atomic E-state index is -0.998. The maximum Gasteiger partial charge on any atom is 0.323 e. The highest BCUT2D eigenvalue weighted by Crippen LogP contribution is 2.21. The van der Waals surface area contributed by atoms with Gasteiger partial charge in [0.2, 0.25) is 11.8 Å². The molecule has 0 radical (unpaired) electrons. The predicted molar refractivity (Wildman–Crippen MR) is 92.0 cm³/mol. The van der Waals surface area contributed by atoms with E-state index in [9.17, 15) is 14.4 Å². The van der Waals surface area contributed by atoms with Crippen molar-refractivity contribution in [1.82, 2.24) is 9.80 Å². The molecule has 2 fully saturated rings. The first kappa shape index (κ1) is 19.7. The van der Waals surface area contributed by atoms with Crippen LogP contribution in [0.5, 0.6) is 0 Å². The van der Waals surface area contributed by atoms with Crippen molar-refractivity contribution >= 4 is 17.8 Å². The number of aliphatic carboxylic acids is 1. The number of hydrogen-bond donors (Lipinski definition) is 1. The van der Waals surface area contributed by atoms with Gasteiger partial charge in [0, 0.05) is 45.7 Å². The Morgan fingerprint density at radius 3 is 2.60 bits per heavy atom. The Morgan fingerprint density at radius 2 is 1.96 bits per heavy atom. The van der Waals surface area contributed by atoms with Crippen molar-refractivity contribution in [3.05, 3.63) is 0 Å². The van der Waals surface area contributed by atoms with Crippen LogP contribution in [0.4, 0.5) is 0 Å². The number of rotatable bonds is 6. The van der Waals surface area contributed by atoms with Gasteiger partial charge in [-0.25, -0.2) is 0 Å². The molecule has 7 nitrogen and oxygen atoms in total. The van der Waals surface area contributed by atoms with Gasteiger partial charge < -0.3 is 19.6 Å². The molecule has 1 N–H and O–H groups in total. The molecule has 2 amide bonds. The molecular weight excluding hydrogens is 324 g/mol. The Hall–Kier alpha value is -1.63. The van der Waals surface area contributed by atoms with Crippen LogP contribution in [0.25, 0.3) is 0 Å². The number of carbonyl (C=O) groups is 3. The molecule has 25 heavy (non-hydrogen) atoms. The minimum absolute atomic E-state index is 0.0989. The average molecular weight is 354 g/mol. The van der Waals surface area contributed by atoms with Gasteiger partial charge in [0.1, 0.15) is 6.54 Å². The summed E-state index contributed by atoms with van der Waals surface area (Å²) in [6.45, 7) is 4.01. The third kappa shape index (κ3) is 6.30. The third-order valence-electron chi connectivity index (χ3n) is 5.22. The van der Waals surface area contributed by atoms with Gasteiger partial charge in [-0.2, -0.15) is 0 Å². The number of nitrogens with zero attached hydrogens (tertiary/aromatic N) is 2.